The maximum Gasteiger partial charge on any atom is 0.322 e. The van der Waals surface area contributed by atoms with Crippen molar-refractivity contribution in [1.82, 2.24) is 34.9 Å². The van der Waals surface area contributed by atoms with Gasteiger partial charge in [-0.05, 0) is 78.8 Å². The van der Waals surface area contributed by atoms with Gasteiger partial charge in [0.25, 0.3) is 5.56 Å². The summed E-state index contributed by atoms with van der Waals surface area (Å²) in [5, 5.41) is 20.0. The Morgan fingerprint density at radius 1 is 0.857 bits per heavy atom. The number of urea groups is 1. The van der Waals surface area contributed by atoms with Gasteiger partial charge in [0.05, 0.1) is 22.0 Å². The van der Waals surface area contributed by atoms with Crippen molar-refractivity contribution >= 4 is 58.1 Å². The van der Waals surface area contributed by atoms with Crippen molar-refractivity contribution < 1.29 is 29.1 Å². The van der Waals surface area contributed by atoms with Crippen molar-refractivity contribution in [1.29, 1.82) is 0 Å². The molecule has 2 aromatic carbocycles. The number of thioether (sulfide) groups is 1. The number of carboxylic acid groups (broad SMARTS) is 1. The second-order valence-electron chi connectivity index (χ2n) is 15.8. The maximum absolute atomic E-state index is 14.0. The largest absolute Gasteiger partial charge is 0.480 e. The lowest BCUT2D eigenvalue weighted by Crippen LogP contribution is -2.35. The van der Waals surface area contributed by atoms with Crippen LogP contribution in [0.1, 0.15) is 68.9 Å². The van der Waals surface area contributed by atoms with Crippen molar-refractivity contribution in [3.05, 3.63) is 107 Å². The summed E-state index contributed by atoms with van der Waals surface area (Å²) in [5.41, 5.74) is 11.6. The van der Waals surface area contributed by atoms with Crippen LogP contribution < -0.4 is 21.9 Å². The zero-order chi connectivity index (χ0) is 44.3. The lowest BCUT2D eigenvalue weighted by Gasteiger charge is -2.17. The molecule has 0 saturated carbocycles. The van der Waals surface area contributed by atoms with Gasteiger partial charge >= 0.3 is 12.0 Å². The van der Waals surface area contributed by atoms with Crippen LogP contribution in [0, 0.1) is 0 Å². The highest BCUT2D eigenvalue weighted by Gasteiger charge is 2.38. The number of nitrogens with one attached hydrogen (secondary N) is 2. The van der Waals surface area contributed by atoms with E-state index in [-0.39, 0.29) is 48.0 Å². The molecule has 2 atom stereocenters. The lowest BCUT2D eigenvalue weighted by molar-refractivity contribution is -0.139. The summed E-state index contributed by atoms with van der Waals surface area (Å²) < 4.78 is 1.53. The van der Waals surface area contributed by atoms with Gasteiger partial charge in [0, 0.05) is 86.5 Å². The van der Waals surface area contributed by atoms with Gasteiger partial charge in [-0.15, -0.1) is 11.8 Å². The Hall–Kier alpha value is -6.46. The summed E-state index contributed by atoms with van der Waals surface area (Å²) in [7, 11) is 0. The summed E-state index contributed by atoms with van der Waals surface area (Å²) in [6.45, 7) is 2.24. The topological polar surface area (TPSA) is 223 Å². The molecule has 3 aromatic heterocycles. The van der Waals surface area contributed by atoms with Gasteiger partial charge in [0.1, 0.15) is 6.04 Å². The normalized spacial score (nSPS) is 15.2. The monoisotopic (exact) mass is 873 g/mol. The Balaban J connectivity index is 0.875. The van der Waals surface area contributed by atoms with E-state index in [1.165, 1.54) is 9.58 Å². The molecule has 63 heavy (non-hydrogen) atoms. The van der Waals surface area contributed by atoms with Crippen molar-refractivity contribution in [2.24, 2.45) is 5.73 Å². The smallest absolute Gasteiger partial charge is 0.322 e. The van der Waals surface area contributed by atoms with Crippen LogP contribution in [0.3, 0.4) is 0 Å². The summed E-state index contributed by atoms with van der Waals surface area (Å²) >= 11 is 1.10. The minimum atomic E-state index is -1.15. The number of likely N-dealkylation sites (tertiary alicyclic amines) is 1. The number of anilines is 1. The number of aryl methyl sites for hydroxylation is 1. The number of fused-ring (bicyclic) bond motifs is 2. The first-order valence-corrected chi connectivity index (χ1v) is 22.4. The van der Waals surface area contributed by atoms with Crippen molar-refractivity contribution in [3.8, 4) is 22.4 Å². The number of hydrogen-bond donors (Lipinski definition) is 4. The molecule has 7 rings (SSSR count). The van der Waals surface area contributed by atoms with Crippen LogP contribution in [0.2, 0.25) is 0 Å². The first kappa shape index (κ1) is 44.6. The molecule has 17 heteroatoms. The van der Waals surface area contributed by atoms with Crippen molar-refractivity contribution in [3.63, 3.8) is 0 Å². The molecule has 2 aliphatic heterocycles. The van der Waals surface area contributed by atoms with E-state index in [0.717, 1.165) is 64.2 Å². The highest BCUT2D eigenvalue weighted by molar-refractivity contribution is 8.00. The first-order chi connectivity index (χ1) is 30.5. The predicted octanol–water partition coefficient (Wildman–Crippen LogP) is 5.58. The molecule has 328 valence electrons. The average Bonchev–Trinajstić information content (AvgIpc) is 3.85. The number of unbranched alkanes of at least 4 members (excludes halogenated alkanes) is 5. The van der Waals surface area contributed by atoms with Gasteiger partial charge in [0.2, 0.25) is 17.7 Å². The van der Waals surface area contributed by atoms with Crippen LogP contribution in [0.5, 0.6) is 0 Å². The number of nitrogens with zero attached hydrogens (tertiary/aromatic N) is 6. The zero-order valence-electron chi connectivity index (χ0n) is 34.9. The van der Waals surface area contributed by atoms with Crippen LogP contribution in [0.15, 0.2) is 90.1 Å². The highest BCUT2D eigenvalue weighted by atomic mass is 32.2. The summed E-state index contributed by atoms with van der Waals surface area (Å²) in [4.78, 5) is 87.2. The number of nitrogens with two attached hydrogens (primary N) is 1. The van der Waals surface area contributed by atoms with Crippen LogP contribution in [-0.4, -0.2) is 94.5 Å². The van der Waals surface area contributed by atoms with Crippen LogP contribution >= 0.6 is 11.8 Å². The quantitative estimate of drug-likeness (QED) is 0.0556. The van der Waals surface area contributed by atoms with Gasteiger partial charge < -0.3 is 26.4 Å². The minimum absolute atomic E-state index is 0.0415. The third kappa shape index (κ3) is 11.3. The van der Waals surface area contributed by atoms with Crippen molar-refractivity contribution in [2.45, 2.75) is 88.7 Å². The molecule has 0 radical (unpaired) electrons. The van der Waals surface area contributed by atoms with Crippen LogP contribution in [-0.2, 0) is 38.8 Å². The number of rotatable bonds is 20. The standard InChI is InChI=1S/C46H51N9O7S/c47-37(45(60)61)29-63-40-25-42(57)54(44(40)59)22-6-3-4-13-41(56)50-19-5-1-2-7-23-55-43(58)36(34-10-8-12-38-35(34)11-9-20-49-38)24-39(52-55)30-14-16-33(17-15-30)51-46(62)53-27-31-18-21-48-26-32(31)28-53/h8-12,14-18,20-21,24,26,37,40H,1-7,13,19,22-23,25,27-29,47H2,(H,50,56)(H,51,62)(H,60,61)/t37-,40?/m0/s1. The van der Waals surface area contributed by atoms with Crippen LogP contribution in [0.25, 0.3) is 33.3 Å². The molecule has 5 amide bonds. The lowest BCUT2D eigenvalue weighted by atomic mass is 10.00. The summed E-state index contributed by atoms with van der Waals surface area (Å²) in [6, 6.07) is 19.4. The van der Waals surface area contributed by atoms with E-state index in [4.69, 9.17) is 15.9 Å². The summed E-state index contributed by atoms with van der Waals surface area (Å²) in [6.07, 6.45) is 10.7. The number of benzene rings is 2. The van der Waals surface area contributed by atoms with E-state index in [0.29, 0.717) is 75.2 Å². The number of imide groups is 1. The third-order valence-electron chi connectivity index (χ3n) is 11.3. The predicted molar refractivity (Wildman–Crippen MR) is 240 cm³/mol. The van der Waals surface area contributed by atoms with E-state index in [9.17, 15) is 28.8 Å². The Morgan fingerprint density at radius 2 is 1.63 bits per heavy atom. The second kappa shape index (κ2) is 21.1. The fourth-order valence-corrected chi connectivity index (χ4v) is 8.87. The van der Waals surface area contributed by atoms with E-state index in [1.54, 1.807) is 23.5 Å². The van der Waals surface area contributed by atoms with Gasteiger partial charge in [-0.2, -0.15) is 5.10 Å². The molecule has 5 N–H and O–H groups in total. The number of hydrogen-bond acceptors (Lipinski definition) is 11. The molecule has 1 saturated heterocycles. The average molecular weight is 874 g/mol. The molecule has 1 fully saturated rings. The molecular weight excluding hydrogens is 823 g/mol. The number of carboxylic acids is 1. The molecule has 0 aliphatic carbocycles. The molecule has 5 aromatic rings. The Bertz CT molecular complexity index is 2500. The number of carbonyl (C=O) groups excluding carboxylic acids is 4. The minimum Gasteiger partial charge on any atom is -0.480 e. The highest BCUT2D eigenvalue weighted by Crippen LogP contribution is 2.30. The van der Waals surface area contributed by atoms with Gasteiger partial charge in [-0.3, -0.25) is 38.8 Å². The second-order valence-corrected chi connectivity index (χ2v) is 17.0. The fraction of sp³-hybridized carbons (Fsp3) is 0.370. The number of carbonyl (C=O) groups is 5. The molecule has 5 heterocycles. The Kier molecular flexibility index (Phi) is 14.9. The first-order valence-electron chi connectivity index (χ1n) is 21.3. The fourth-order valence-electron chi connectivity index (χ4n) is 7.75. The molecule has 0 spiro atoms. The number of pyridine rings is 2. The van der Waals surface area contributed by atoms with Gasteiger partial charge in [-0.25, -0.2) is 9.48 Å². The van der Waals surface area contributed by atoms with E-state index in [2.05, 4.69) is 20.6 Å². The van der Waals surface area contributed by atoms with E-state index < -0.39 is 17.3 Å². The molecule has 16 nitrogen and oxygen atoms in total. The number of aliphatic carboxylic acids is 1. The Labute approximate surface area is 368 Å². The van der Waals surface area contributed by atoms with E-state index >= 15 is 0 Å². The molecular formula is C46H51N9O7S. The Morgan fingerprint density at radius 3 is 2.44 bits per heavy atom. The van der Waals surface area contributed by atoms with Gasteiger partial charge in [-0.1, -0.05) is 49.6 Å². The SMILES string of the molecule is N[C@@H](CSC1CC(=O)N(CCCCCC(=O)NCCCCCCn2nc(-c3ccc(NC(=O)N4Cc5ccncc5C4)cc3)cc(-c3cccc4ncccc34)c2=O)C1=O)C(=O)O. The molecule has 0 bridgehead atoms. The van der Waals surface area contributed by atoms with Gasteiger partial charge in [0.15, 0.2) is 0 Å². The summed E-state index contributed by atoms with van der Waals surface area (Å²) in [5.74, 6) is -1.73. The van der Waals surface area contributed by atoms with E-state index in [1.807, 2.05) is 66.7 Å². The van der Waals surface area contributed by atoms with Crippen molar-refractivity contribution in [2.75, 3.05) is 24.2 Å². The molecule has 1 unspecified atom stereocenters. The maximum atomic E-state index is 14.0. The molecule has 2 aliphatic rings. The third-order valence-corrected chi connectivity index (χ3v) is 12.6. The zero-order valence-corrected chi connectivity index (χ0v) is 35.7. The number of amides is 5. The number of aromatic nitrogens is 4. The van der Waals surface area contributed by atoms with Crippen LogP contribution in [0.4, 0.5) is 10.5 Å².